The molecule has 0 bridgehead atoms. The van der Waals surface area contributed by atoms with Gasteiger partial charge in [0.25, 0.3) is 0 Å². The molecule has 2 aromatic carbocycles. The van der Waals surface area contributed by atoms with Gasteiger partial charge in [-0.15, -0.1) is 0 Å². The third-order valence-electron chi connectivity index (χ3n) is 2.77. The average Bonchev–Trinajstić information content (AvgIpc) is 2.41. The predicted molar refractivity (Wildman–Crippen MR) is 72.9 cm³/mol. The Labute approximate surface area is 116 Å². The van der Waals surface area contributed by atoms with Gasteiger partial charge in [-0.3, -0.25) is 0 Å². The van der Waals surface area contributed by atoms with Crippen LogP contribution in [0.25, 0.3) is 0 Å². The van der Waals surface area contributed by atoms with Gasteiger partial charge in [-0.2, -0.15) is 5.26 Å². The quantitative estimate of drug-likeness (QED) is 0.879. The molecule has 0 atom stereocenters. The Hall–Kier alpha value is -2.39. The van der Waals surface area contributed by atoms with E-state index in [1.165, 1.54) is 24.3 Å². The first kappa shape index (κ1) is 14.0. The molecule has 0 amide bonds. The van der Waals surface area contributed by atoms with Crippen LogP contribution in [-0.4, -0.2) is 8.42 Å². The van der Waals surface area contributed by atoms with Crippen LogP contribution in [0.5, 0.6) is 0 Å². The number of rotatable bonds is 3. The number of anilines is 1. The monoisotopic (exact) mass is 290 g/mol. The van der Waals surface area contributed by atoms with Crippen LogP contribution in [-0.2, 0) is 15.6 Å². The van der Waals surface area contributed by atoms with Crippen molar-refractivity contribution in [2.24, 2.45) is 0 Å². The fourth-order valence-electron chi connectivity index (χ4n) is 1.80. The maximum atomic E-state index is 13.6. The van der Waals surface area contributed by atoms with Crippen molar-refractivity contribution in [3.8, 4) is 6.07 Å². The molecule has 102 valence electrons. The maximum absolute atomic E-state index is 13.6. The smallest absolute Gasteiger partial charge is 0.184 e. The summed E-state index contributed by atoms with van der Waals surface area (Å²) in [4.78, 5) is -0.0400. The molecule has 0 aliphatic heterocycles. The average molecular weight is 290 g/mol. The van der Waals surface area contributed by atoms with Gasteiger partial charge in [0, 0.05) is 5.56 Å². The van der Waals surface area contributed by atoms with Crippen molar-refractivity contribution < 1.29 is 12.8 Å². The van der Waals surface area contributed by atoms with Crippen LogP contribution in [0, 0.1) is 17.1 Å². The van der Waals surface area contributed by atoms with Crippen LogP contribution in [0.2, 0.25) is 0 Å². The number of nitrogens with zero attached hydrogens (tertiary/aromatic N) is 1. The zero-order chi connectivity index (χ0) is 14.8. The topological polar surface area (TPSA) is 84.0 Å². The van der Waals surface area contributed by atoms with Crippen LogP contribution in [0.4, 0.5) is 10.1 Å². The first-order valence-electron chi connectivity index (χ1n) is 5.70. The lowest BCUT2D eigenvalue weighted by atomic mass is 10.1. The van der Waals surface area contributed by atoms with E-state index >= 15 is 0 Å². The second-order valence-corrected chi connectivity index (χ2v) is 6.17. The SMILES string of the molecule is N#Cc1ccc(F)c(CS(=O)(=O)c2ccccc2N)c1. The number of sulfone groups is 1. The highest BCUT2D eigenvalue weighted by Gasteiger charge is 2.20. The maximum Gasteiger partial charge on any atom is 0.184 e. The lowest BCUT2D eigenvalue weighted by molar-refractivity contribution is 0.587. The van der Waals surface area contributed by atoms with Gasteiger partial charge in [0.1, 0.15) is 5.82 Å². The summed E-state index contributed by atoms with van der Waals surface area (Å²) < 4.78 is 38.1. The second kappa shape index (κ2) is 5.31. The summed E-state index contributed by atoms with van der Waals surface area (Å²) in [6.45, 7) is 0. The number of benzene rings is 2. The van der Waals surface area contributed by atoms with Crippen molar-refractivity contribution in [3.05, 3.63) is 59.4 Å². The lowest BCUT2D eigenvalue weighted by Crippen LogP contribution is -2.09. The third-order valence-corrected chi connectivity index (χ3v) is 4.51. The van der Waals surface area contributed by atoms with Crippen LogP contribution >= 0.6 is 0 Å². The Kier molecular flexibility index (Phi) is 3.72. The molecular formula is C14H11FN2O2S. The minimum atomic E-state index is -3.77. The Morgan fingerprint density at radius 1 is 1.20 bits per heavy atom. The standard InChI is InChI=1S/C14H11FN2O2S/c15-12-6-5-10(8-16)7-11(12)9-20(18,19)14-4-2-1-3-13(14)17/h1-7H,9,17H2. The molecule has 0 heterocycles. The largest absolute Gasteiger partial charge is 0.398 e. The highest BCUT2D eigenvalue weighted by atomic mass is 32.2. The molecule has 0 aliphatic carbocycles. The molecule has 0 spiro atoms. The van der Waals surface area contributed by atoms with Gasteiger partial charge in [0.15, 0.2) is 9.84 Å². The predicted octanol–water partition coefficient (Wildman–Crippen LogP) is 2.25. The van der Waals surface area contributed by atoms with E-state index in [9.17, 15) is 12.8 Å². The molecule has 0 unspecified atom stereocenters. The number of para-hydroxylation sites is 1. The van der Waals surface area contributed by atoms with E-state index < -0.39 is 21.4 Å². The minimum Gasteiger partial charge on any atom is -0.398 e. The van der Waals surface area contributed by atoms with Gasteiger partial charge in [0.05, 0.1) is 28.0 Å². The summed E-state index contributed by atoms with van der Waals surface area (Å²) in [6.07, 6.45) is 0. The molecule has 0 fully saturated rings. The van der Waals surface area contributed by atoms with E-state index in [1.54, 1.807) is 12.1 Å². The van der Waals surface area contributed by atoms with Crippen LogP contribution in [0.1, 0.15) is 11.1 Å². The molecule has 0 saturated heterocycles. The number of halogens is 1. The van der Waals surface area contributed by atoms with Crippen LogP contribution in [0.15, 0.2) is 47.4 Å². The highest BCUT2D eigenvalue weighted by Crippen LogP contribution is 2.23. The molecule has 0 radical (unpaired) electrons. The zero-order valence-corrected chi connectivity index (χ0v) is 11.2. The summed E-state index contributed by atoms with van der Waals surface area (Å²) in [5, 5.41) is 8.77. The van der Waals surface area contributed by atoms with Crippen LogP contribution < -0.4 is 5.73 Å². The summed E-state index contributed by atoms with van der Waals surface area (Å²) in [5.74, 6) is -1.20. The van der Waals surface area contributed by atoms with Gasteiger partial charge in [-0.1, -0.05) is 12.1 Å². The number of nitriles is 1. The summed E-state index contributed by atoms with van der Waals surface area (Å²) in [7, 11) is -3.77. The number of nitrogen functional groups attached to an aromatic ring is 1. The first-order chi connectivity index (χ1) is 9.44. The van der Waals surface area contributed by atoms with Crippen molar-refractivity contribution in [3.63, 3.8) is 0 Å². The summed E-state index contributed by atoms with van der Waals surface area (Å²) in [6, 6.07) is 11.5. The molecule has 4 nitrogen and oxygen atoms in total. The lowest BCUT2D eigenvalue weighted by Gasteiger charge is -2.08. The van der Waals surface area contributed by atoms with Gasteiger partial charge < -0.3 is 5.73 Å². The van der Waals surface area contributed by atoms with E-state index in [-0.39, 0.29) is 21.7 Å². The molecule has 2 rings (SSSR count). The molecule has 0 aromatic heterocycles. The fourth-order valence-corrected chi connectivity index (χ4v) is 3.30. The number of hydrogen-bond acceptors (Lipinski definition) is 4. The molecule has 2 N–H and O–H groups in total. The molecule has 20 heavy (non-hydrogen) atoms. The Morgan fingerprint density at radius 3 is 2.55 bits per heavy atom. The molecule has 2 aromatic rings. The minimum absolute atomic E-state index is 0.0400. The molecular weight excluding hydrogens is 279 g/mol. The molecule has 0 saturated carbocycles. The van der Waals surface area contributed by atoms with E-state index in [4.69, 9.17) is 11.0 Å². The van der Waals surface area contributed by atoms with Gasteiger partial charge >= 0.3 is 0 Å². The third kappa shape index (κ3) is 2.78. The van der Waals surface area contributed by atoms with E-state index in [0.29, 0.717) is 0 Å². The van der Waals surface area contributed by atoms with Crippen molar-refractivity contribution in [1.82, 2.24) is 0 Å². The molecule has 0 aliphatic rings. The van der Waals surface area contributed by atoms with Gasteiger partial charge in [0.2, 0.25) is 0 Å². The number of nitrogens with two attached hydrogens (primary N) is 1. The van der Waals surface area contributed by atoms with Crippen molar-refractivity contribution in [1.29, 1.82) is 5.26 Å². The van der Waals surface area contributed by atoms with E-state index in [1.807, 2.05) is 6.07 Å². The Balaban J connectivity index is 2.44. The van der Waals surface area contributed by atoms with Crippen molar-refractivity contribution in [2.75, 3.05) is 5.73 Å². The zero-order valence-electron chi connectivity index (χ0n) is 10.4. The van der Waals surface area contributed by atoms with Crippen LogP contribution in [0.3, 0.4) is 0 Å². The van der Waals surface area contributed by atoms with Crippen molar-refractivity contribution in [2.45, 2.75) is 10.6 Å². The number of hydrogen-bond donors (Lipinski definition) is 1. The summed E-state index contributed by atoms with van der Waals surface area (Å²) >= 11 is 0. The van der Waals surface area contributed by atoms with Gasteiger partial charge in [-0.05, 0) is 30.3 Å². The van der Waals surface area contributed by atoms with E-state index in [2.05, 4.69) is 0 Å². The highest BCUT2D eigenvalue weighted by molar-refractivity contribution is 7.90. The first-order valence-corrected chi connectivity index (χ1v) is 7.35. The Bertz CT molecular complexity index is 795. The normalized spacial score (nSPS) is 11.0. The summed E-state index contributed by atoms with van der Waals surface area (Å²) in [5.41, 5.74) is 5.90. The van der Waals surface area contributed by atoms with E-state index in [0.717, 1.165) is 6.07 Å². The molecule has 6 heteroatoms. The van der Waals surface area contributed by atoms with Gasteiger partial charge in [-0.25, -0.2) is 12.8 Å². The Morgan fingerprint density at radius 2 is 1.90 bits per heavy atom. The second-order valence-electron chi connectivity index (χ2n) is 4.21. The fraction of sp³-hybridized carbons (Fsp3) is 0.0714. The van der Waals surface area contributed by atoms with Crippen molar-refractivity contribution >= 4 is 15.5 Å².